The number of hydrogen-bond donors (Lipinski definition) is 1. The first-order chi connectivity index (χ1) is 6.34. The van der Waals surface area contributed by atoms with Crippen LogP contribution in [-0.2, 0) is 6.54 Å². The molecule has 2 rings (SSSR count). The van der Waals surface area contributed by atoms with Crippen molar-refractivity contribution in [3.63, 3.8) is 0 Å². The Morgan fingerprint density at radius 3 is 2.85 bits per heavy atom. The molecular formula is C11H17NO. The molecule has 1 aromatic heterocycles. The lowest BCUT2D eigenvalue weighted by atomic mass is 10.2. The summed E-state index contributed by atoms with van der Waals surface area (Å²) in [4.78, 5) is 0. The van der Waals surface area contributed by atoms with Crippen molar-refractivity contribution < 1.29 is 4.42 Å². The van der Waals surface area contributed by atoms with Crippen LogP contribution in [0.15, 0.2) is 16.7 Å². The van der Waals surface area contributed by atoms with E-state index < -0.39 is 0 Å². The monoisotopic (exact) mass is 179 g/mol. The van der Waals surface area contributed by atoms with Crippen LogP contribution in [-0.4, -0.2) is 6.04 Å². The van der Waals surface area contributed by atoms with E-state index in [0.29, 0.717) is 0 Å². The van der Waals surface area contributed by atoms with Gasteiger partial charge in [0.25, 0.3) is 0 Å². The van der Waals surface area contributed by atoms with E-state index in [2.05, 4.69) is 11.4 Å². The first kappa shape index (κ1) is 8.82. The van der Waals surface area contributed by atoms with Gasteiger partial charge in [0.05, 0.1) is 6.26 Å². The molecule has 0 unspecified atom stereocenters. The summed E-state index contributed by atoms with van der Waals surface area (Å²) in [6, 6.07) is 2.84. The predicted molar refractivity (Wildman–Crippen MR) is 52.5 cm³/mol. The van der Waals surface area contributed by atoms with Crippen molar-refractivity contribution in [1.82, 2.24) is 5.32 Å². The Morgan fingerprint density at radius 2 is 2.23 bits per heavy atom. The fraction of sp³-hybridized carbons (Fsp3) is 0.636. The molecule has 2 nitrogen and oxygen atoms in total. The van der Waals surface area contributed by atoms with Crippen LogP contribution in [0.3, 0.4) is 0 Å². The van der Waals surface area contributed by atoms with Crippen LogP contribution < -0.4 is 5.32 Å². The van der Waals surface area contributed by atoms with Gasteiger partial charge in [0.1, 0.15) is 5.76 Å². The van der Waals surface area contributed by atoms with Crippen LogP contribution in [0, 0.1) is 6.92 Å². The second-order valence-corrected chi connectivity index (χ2v) is 3.93. The Labute approximate surface area is 79.3 Å². The first-order valence-corrected chi connectivity index (χ1v) is 5.12. The van der Waals surface area contributed by atoms with Crippen LogP contribution in [0.4, 0.5) is 0 Å². The Morgan fingerprint density at radius 1 is 1.46 bits per heavy atom. The fourth-order valence-corrected chi connectivity index (χ4v) is 1.98. The van der Waals surface area contributed by atoms with Gasteiger partial charge in [-0.2, -0.15) is 0 Å². The molecule has 0 atom stereocenters. The van der Waals surface area contributed by atoms with Gasteiger partial charge in [0.15, 0.2) is 0 Å². The summed E-state index contributed by atoms with van der Waals surface area (Å²) in [5.41, 5.74) is 1.27. The van der Waals surface area contributed by atoms with Gasteiger partial charge < -0.3 is 9.73 Å². The normalized spacial score (nSPS) is 18.2. The van der Waals surface area contributed by atoms with Crippen LogP contribution in [0.1, 0.15) is 37.0 Å². The molecule has 0 aliphatic heterocycles. The molecule has 1 N–H and O–H groups in total. The summed E-state index contributed by atoms with van der Waals surface area (Å²) in [6.45, 7) is 2.95. The van der Waals surface area contributed by atoms with Crippen LogP contribution in [0.2, 0.25) is 0 Å². The molecule has 1 heterocycles. The topological polar surface area (TPSA) is 25.2 Å². The van der Waals surface area contributed by atoms with E-state index in [-0.39, 0.29) is 0 Å². The maximum absolute atomic E-state index is 5.24. The van der Waals surface area contributed by atoms with E-state index >= 15 is 0 Å². The van der Waals surface area contributed by atoms with Crippen LogP contribution >= 0.6 is 0 Å². The summed E-state index contributed by atoms with van der Waals surface area (Å²) in [7, 11) is 0. The van der Waals surface area contributed by atoms with Gasteiger partial charge in [-0.3, -0.25) is 0 Å². The van der Waals surface area contributed by atoms with Crippen molar-refractivity contribution in [3.8, 4) is 0 Å². The van der Waals surface area contributed by atoms with E-state index in [1.54, 1.807) is 0 Å². The smallest absolute Gasteiger partial charge is 0.101 e. The summed E-state index contributed by atoms with van der Waals surface area (Å²) >= 11 is 0. The van der Waals surface area contributed by atoms with Gasteiger partial charge in [0.2, 0.25) is 0 Å². The van der Waals surface area contributed by atoms with Crippen molar-refractivity contribution in [2.24, 2.45) is 0 Å². The number of aryl methyl sites for hydroxylation is 1. The summed E-state index contributed by atoms with van der Waals surface area (Å²) < 4.78 is 5.24. The lowest BCUT2D eigenvalue weighted by Crippen LogP contribution is -2.24. The molecule has 0 saturated heterocycles. The summed E-state index contributed by atoms with van der Waals surface area (Å²) in [5, 5.41) is 3.55. The molecule has 2 heteroatoms. The van der Waals surface area contributed by atoms with Crippen molar-refractivity contribution in [2.75, 3.05) is 0 Å². The van der Waals surface area contributed by atoms with Crippen molar-refractivity contribution >= 4 is 0 Å². The summed E-state index contributed by atoms with van der Waals surface area (Å²) in [5.74, 6) is 1.00. The zero-order valence-electron chi connectivity index (χ0n) is 8.18. The third kappa shape index (κ3) is 2.34. The number of nitrogens with one attached hydrogen (secondary N) is 1. The minimum absolute atomic E-state index is 0.746. The quantitative estimate of drug-likeness (QED) is 0.771. The van der Waals surface area contributed by atoms with Gasteiger partial charge in [0, 0.05) is 18.2 Å². The molecule has 1 saturated carbocycles. The third-order valence-electron chi connectivity index (χ3n) is 2.73. The molecule has 1 aliphatic carbocycles. The first-order valence-electron chi connectivity index (χ1n) is 5.12. The Kier molecular flexibility index (Phi) is 2.69. The molecule has 0 radical (unpaired) electrons. The molecule has 1 fully saturated rings. The average Bonchev–Trinajstić information content (AvgIpc) is 2.71. The SMILES string of the molecule is Cc1cc(CNC2CCCC2)co1. The molecule has 0 aromatic carbocycles. The molecule has 0 bridgehead atoms. The highest BCUT2D eigenvalue weighted by molar-refractivity contribution is 5.11. The minimum atomic E-state index is 0.746. The highest BCUT2D eigenvalue weighted by Gasteiger charge is 2.13. The van der Waals surface area contributed by atoms with Gasteiger partial charge in [-0.05, 0) is 25.8 Å². The van der Waals surface area contributed by atoms with Crippen LogP contribution in [0.5, 0.6) is 0 Å². The second-order valence-electron chi connectivity index (χ2n) is 3.93. The Hall–Kier alpha value is -0.760. The number of furan rings is 1. The van der Waals surface area contributed by atoms with Gasteiger partial charge in [-0.1, -0.05) is 12.8 Å². The molecule has 1 aliphatic rings. The largest absolute Gasteiger partial charge is 0.469 e. The third-order valence-corrected chi connectivity index (χ3v) is 2.73. The van der Waals surface area contributed by atoms with Crippen molar-refractivity contribution in [1.29, 1.82) is 0 Å². The standard InChI is InChI=1S/C11H17NO/c1-9-6-10(8-13-9)7-12-11-4-2-3-5-11/h6,8,11-12H,2-5,7H2,1H3. The maximum atomic E-state index is 5.24. The van der Waals surface area contributed by atoms with E-state index in [4.69, 9.17) is 4.42 Å². The number of hydrogen-bond acceptors (Lipinski definition) is 2. The molecule has 72 valence electrons. The molecule has 0 amide bonds. The fourth-order valence-electron chi connectivity index (χ4n) is 1.98. The summed E-state index contributed by atoms with van der Waals surface area (Å²) in [6.07, 6.45) is 7.31. The molecular weight excluding hydrogens is 162 g/mol. The van der Waals surface area contributed by atoms with Crippen LogP contribution in [0.25, 0.3) is 0 Å². The van der Waals surface area contributed by atoms with Gasteiger partial charge in [-0.25, -0.2) is 0 Å². The second kappa shape index (κ2) is 3.97. The average molecular weight is 179 g/mol. The van der Waals surface area contributed by atoms with Gasteiger partial charge >= 0.3 is 0 Å². The van der Waals surface area contributed by atoms with Crippen molar-refractivity contribution in [3.05, 3.63) is 23.7 Å². The van der Waals surface area contributed by atoms with E-state index in [9.17, 15) is 0 Å². The van der Waals surface area contributed by atoms with Gasteiger partial charge in [-0.15, -0.1) is 0 Å². The highest BCUT2D eigenvalue weighted by atomic mass is 16.3. The van der Waals surface area contributed by atoms with Crippen molar-refractivity contribution in [2.45, 2.75) is 45.2 Å². The Bertz CT molecular complexity index is 261. The molecule has 13 heavy (non-hydrogen) atoms. The zero-order valence-corrected chi connectivity index (χ0v) is 8.18. The number of rotatable bonds is 3. The molecule has 1 aromatic rings. The lowest BCUT2D eigenvalue weighted by Gasteiger charge is -2.09. The predicted octanol–water partition coefficient (Wildman–Crippen LogP) is 2.62. The zero-order chi connectivity index (χ0) is 9.10. The minimum Gasteiger partial charge on any atom is -0.469 e. The van der Waals surface area contributed by atoms with E-state index in [0.717, 1.165) is 18.3 Å². The molecule has 0 spiro atoms. The maximum Gasteiger partial charge on any atom is 0.101 e. The Balaban J connectivity index is 1.78. The lowest BCUT2D eigenvalue weighted by molar-refractivity contribution is 0.510. The van der Waals surface area contributed by atoms with E-state index in [1.165, 1.54) is 31.2 Å². The van der Waals surface area contributed by atoms with E-state index in [1.807, 2.05) is 13.2 Å². The highest BCUT2D eigenvalue weighted by Crippen LogP contribution is 2.18.